The molecule has 0 radical (unpaired) electrons. The summed E-state index contributed by atoms with van der Waals surface area (Å²) in [7, 11) is 0. The van der Waals surface area contributed by atoms with Gasteiger partial charge in [0.05, 0.1) is 13.2 Å². The number of rotatable bonds is 4. The zero-order valence-electron chi connectivity index (χ0n) is 15.7. The van der Waals surface area contributed by atoms with Gasteiger partial charge < -0.3 is 29.2 Å². The summed E-state index contributed by atoms with van der Waals surface area (Å²) in [5.74, 6) is 0. The Kier molecular flexibility index (Phi) is 6.16. The van der Waals surface area contributed by atoms with Crippen LogP contribution >= 0.6 is 23.2 Å². The van der Waals surface area contributed by atoms with E-state index in [-0.39, 0.29) is 6.61 Å². The van der Waals surface area contributed by atoms with Crippen LogP contribution in [-0.2, 0) is 18.9 Å². The van der Waals surface area contributed by atoms with Crippen molar-refractivity contribution in [3.05, 3.63) is 69.7 Å². The fourth-order valence-corrected chi connectivity index (χ4v) is 3.89. The third-order valence-electron chi connectivity index (χ3n) is 5.36. The number of hydrogen-bond acceptors (Lipinski definition) is 6. The first-order valence-electron chi connectivity index (χ1n) is 9.31. The molecule has 4 rings (SSSR count). The summed E-state index contributed by atoms with van der Waals surface area (Å²) < 4.78 is 24.3. The summed E-state index contributed by atoms with van der Waals surface area (Å²) in [6, 6.07) is 14.2. The first-order valence-corrected chi connectivity index (χ1v) is 10.1. The fraction of sp³-hybridized carbons (Fsp3) is 0.429. The highest BCUT2D eigenvalue weighted by Gasteiger charge is 2.55. The van der Waals surface area contributed by atoms with Crippen LogP contribution in [0.3, 0.4) is 0 Å². The molecule has 0 aromatic heterocycles. The van der Waals surface area contributed by atoms with E-state index in [2.05, 4.69) is 0 Å². The van der Waals surface area contributed by atoms with Crippen LogP contribution in [-0.4, -0.2) is 47.3 Å². The third kappa shape index (κ3) is 4.17. The number of benzene rings is 2. The van der Waals surface area contributed by atoms with Gasteiger partial charge >= 0.3 is 0 Å². The predicted molar refractivity (Wildman–Crippen MR) is 107 cm³/mol. The molecule has 2 aromatic carbocycles. The van der Waals surface area contributed by atoms with E-state index in [1.165, 1.54) is 0 Å². The van der Waals surface area contributed by atoms with Gasteiger partial charge in [-0.25, -0.2) is 0 Å². The van der Waals surface area contributed by atoms with Crippen LogP contribution in [0.1, 0.15) is 30.6 Å². The number of aliphatic hydroxyl groups excluding tert-OH is 2. The van der Waals surface area contributed by atoms with Crippen LogP contribution in [0.15, 0.2) is 48.5 Å². The Morgan fingerprint density at radius 2 is 1.52 bits per heavy atom. The van der Waals surface area contributed by atoms with Gasteiger partial charge in [0.25, 0.3) is 0 Å². The van der Waals surface area contributed by atoms with Gasteiger partial charge in [-0.1, -0.05) is 47.5 Å². The monoisotopic (exact) mass is 440 g/mol. The maximum absolute atomic E-state index is 10.6. The topological polar surface area (TPSA) is 77.4 Å². The summed E-state index contributed by atoms with van der Waals surface area (Å²) in [4.78, 5) is 0. The molecule has 6 unspecified atom stereocenters. The average molecular weight is 441 g/mol. The predicted octanol–water partition coefficient (Wildman–Crippen LogP) is 3.63. The van der Waals surface area contributed by atoms with Crippen molar-refractivity contribution in [2.75, 3.05) is 13.2 Å². The van der Waals surface area contributed by atoms with Gasteiger partial charge in [0.1, 0.15) is 23.9 Å². The standard InChI is InChI=1S/C21H22Cl2O6/c1-21(17(25)10-24)18-16(27-20(29-21)13-4-8-15(23)9-5-13)11-26-19(28-18)12-2-6-14(22)7-3-12/h2-9,16-20,24-25H,10-11H2,1H3. The molecule has 2 aliphatic rings. The summed E-state index contributed by atoms with van der Waals surface area (Å²) in [6.45, 7) is 1.46. The number of aliphatic hydroxyl groups is 2. The molecule has 2 N–H and O–H groups in total. The molecular weight excluding hydrogens is 419 g/mol. The molecule has 0 spiro atoms. The van der Waals surface area contributed by atoms with Gasteiger partial charge in [-0.3, -0.25) is 0 Å². The maximum atomic E-state index is 10.6. The summed E-state index contributed by atoms with van der Waals surface area (Å²) >= 11 is 11.9. The molecule has 6 nitrogen and oxygen atoms in total. The van der Waals surface area contributed by atoms with Gasteiger partial charge in [0.15, 0.2) is 12.6 Å². The molecule has 2 aliphatic heterocycles. The molecular formula is C21H22Cl2O6. The Morgan fingerprint density at radius 1 is 0.966 bits per heavy atom. The summed E-state index contributed by atoms with van der Waals surface area (Å²) in [6.07, 6.45) is -3.78. The van der Waals surface area contributed by atoms with Crippen molar-refractivity contribution in [1.29, 1.82) is 0 Å². The highest BCUT2D eigenvalue weighted by molar-refractivity contribution is 6.30. The van der Waals surface area contributed by atoms with Crippen molar-refractivity contribution >= 4 is 23.2 Å². The van der Waals surface area contributed by atoms with Crippen LogP contribution in [0.4, 0.5) is 0 Å². The lowest BCUT2D eigenvalue weighted by Gasteiger charge is -2.52. The van der Waals surface area contributed by atoms with Crippen LogP contribution in [0, 0.1) is 0 Å². The second kappa shape index (κ2) is 8.49. The van der Waals surface area contributed by atoms with Gasteiger partial charge in [-0.2, -0.15) is 0 Å². The molecule has 2 saturated heterocycles. The largest absolute Gasteiger partial charge is 0.394 e. The average Bonchev–Trinajstić information content (AvgIpc) is 2.74. The lowest BCUT2D eigenvalue weighted by molar-refractivity contribution is -0.401. The Bertz CT molecular complexity index is 830. The number of ether oxygens (including phenoxy) is 4. The molecule has 2 aromatic rings. The number of halogens is 2. The van der Waals surface area contributed by atoms with E-state index in [4.69, 9.17) is 42.1 Å². The SMILES string of the molecule is CC1(C(O)CO)OC(c2ccc(Cl)cc2)OC2COC(c3ccc(Cl)cc3)OC21. The second-order valence-corrected chi connectivity index (χ2v) is 8.20. The van der Waals surface area contributed by atoms with E-state index in [1.807, 2.05) is 12.1 Å². The van der Waals surface area contributed by atoms with Crippen LogP contribution in [0.2, 0.25) is 10.0 Å². The minimum Gasteiger partial charge on any atom is -0.394 e. The molecule has 6 atom stereocenters. The molecule has 0 saturated carbocycles. The van der Waals surface area contributed by atoms with Crippen LogP contribution in [0.25, 0.3) is 0 Å². The quantitative estimate of drug-likeness (QED) is 0.755. The lowest BCUT2D eigenvalue weighted by atomic mass is 9.86. The first kappa shape index (κ1) is 21.0. The molecule has 0 amide bonds. The zero-order chi connectivity index (χ0) is 20.6. The fourth-order valence-electron chi connectivity index (χ4n) is 3.64. The van der Waals surface area contributed by atoms with E-state index in [9.17, 15) is 10.2 Å². The molecule has 0 bridgehead atoms. The molecule has 156 valence electrons. The molecule has 29 heavy (non-hydrogen) atoms. The van der Waals surface area contributed by atoms with E-state index >= 15 is 0 Å². The Balaban J connectivity index is 1.61. The van der Waals surface area contributed by atoms with Crippen molar-refractivity contribution in [2.45, 2.75) is 43.4 Å². The summed E-state index contributed by atoms with van der Waals surface area (Å²) in [5.41, 5.74) is 0.300. The van der Waals surface area contributed by atoms with Gasteiger partial charge in [-0.05, 0) is 31.2 Å². The Morgan fingerprint density at radius 3 is 2.07 bits per heavy atom. The van der Waals surface area contributed by atoms with Crippen molar-refractivity contribution in [1.82, 2.24) is 0 Å². The van der Waals surface area contributed by atoms with Crippen molar-refractivity contribution in [3.8, 4) is 0 Å². The highest BCUT2D eigenvalue weighted by Crippen LogP contribution is 2.44. The van der Waals surface area contributed by atoms with Gasteiger partial charge in [0, 0.05) is 21.2 Å². The summed E-state index contributed by atoms with van der Waals surface area (Å²) in [5, 5.41) is 21.5. The molecule has 0 aliphatic carbocycles. The smallest absolute Gasteiger partial charge is 0.185 e. The van der Waals surface area contributed by atoms with Gasteiger partial charge in [0.2, 0.25) is 0 Å². The Labute approximate surface area is 178 Å². The van der Waals surface area contributed by atoms with E-state index in [0.29, 0.717) is 10.0 Å². The zero-order valence-corrected chi connectivity index (χ0v) is 17.2. The molecule has 8 heteroatoms. The van der Waals surface area contributed by atoms with E-state index in [0.717, 1.165) is 11.1 Å². The third-order valence-corrected chi connectivity index (χ3v) is 5.87. The van der Waals surface area contributed by atoms with Crippen LogP contribution < -0.4 is 0 Å². The minimum absolute atomic E-state index is 0.235. The number of hydrogen-bond donors (Lipinski definition) is 2. The molecule has 2 heterocycles. The highest BCUT2D eigenvalue weighted by atomic mass is 35.5. The van der Waals surface area contributed by atoms with E-state index < -0.39 is 43.1 Å². The van der Waals surface area contributed by atoms with Crippen LogP contribution in [0.5, 0.6) is 0 Å². The normalized spacial score (nSPS) is 33.1. The maximum Gasteiger partial charge on any atom is 0.185 e. The van der Waals surface area contributed by atoms with Crippen molar-refractivity contribution in [3.63, 3.8) is 0 Å². The van der Waals surface area contributed by atoms with E-state index in [1.54, 1.807) is 43.3 Å². The second-order valence-electron chi connectivity index (χ2n) is 7.33. The number of fused-ring (bicyclic) bond motifs is 1. The molecule has 2 fully saturated rings. The minimum atomic E-state index is -1.23. The van der Waals surface area contributed by atoms with Crippen molar-refractivity contribution < 1.29 is 29.2 Å². The lowest BCUT2D eigenvalue weighted by Crippen LogP contribution is -2.65. The first-order chi connectivity index (χ1) is 13.9. The van der Waals surface area contributed by atoms with Crippen molar-refractivity contribution in [2.24, 2.45) is 0 Å². The van der Waals surface area contributed by atoms with Gasteiger partial charge in [-0.15, -0.1) is 0 Å². The Hall–Kier alpha value is -1.22.